The van der Waals surface area contributed by atoms with Crippen LogP contribution in [0.15, 0.2) is 30.3 Å². The third-order valence-electron chi connectivity index (χ3n) is 5.15. The minimum atomic E-state index is -1.07. The predicted octanol–water partition coefficient (Wildman–Crippen LogP) is 2.72. The Hall–Kier alpha value is -1.84. The van der Waals surface area contributed by atoms with Gasteiger partial charge in [-0.25, -0.2) is 0 Å². The SMILES string of the molecule is O=C(O)C1(C(=O)N2CCC(CCc3ccccc3)CC2)CC1. The van der Waals surface area contributed by atoms with E-state index in [9.17, 15) is 14.7 Å². The third kappa shape index (κ3) is 3.01. The van der Waals surface area contributed by atoms with Gasteiger partial charge in [-0.05, 0) is 50.0 Å². The van der Waals surface area contributed by atoms with Crippen LogP contribution in [0.5, 0.6) is 0 Å². The molecule has 2 fully saturated rings. The first kappa shape index (κ1) is 15.1. The highest BCUT2D eigenvalue weighted by molar-refractivity contribution is 6.04. The number of aliphatic carboxylic acids is 1. The predicted molar refractivity (Wildman–Crippen MR) is 83.4 cm³/mol. The average Bonchev–Trinajstić information content (AvgIpc) is 3.36. The fourth-order valence-electron chi connectivity index (χ4n) is 3.39. The molecule has 1 aliphatic carbocycles. The second-order valence-corrected chi connectivity index (χ2v) is 6.65. The van der Waals surface area contributed by atoms with E-state index in [1.807, 2.05) is 6.07 Å². The minimum Gasteiger partial charge on any atom is -0.480 e. The van der Waals surface area contributed by atoms with Crippen LogP contribution in [0, 0.1) is 11.3 Å². The molecule has 0 atom stereocenters. The van der Waals surface area contributed by atoms with Crippen LogP contribution in [0.25, 0.3) is 0 Å². The van der Waals surface area contributed by atoms with Crippen molar-refractivity contribution in [2.45, 2.75) is 38.5 Å². The van der Waals surface area contributed by atoms with Crippen molar-refractivity contribution in [1.29, 1.82) is 0 Å². The maximum absolute atomic E-state index is 12.4. The van der Waals surface area contributed by atoms with Crippen molar-refractivity contribution in [2.75, 3.05) is 13.1 Å². The van der Waals surface area contributed by atoms with Crippen LogP contribution >= 0.6 is 0 Å². The Balaban J connectivity index is 1.47. The molecule has 1 aromatic carbocycles. The lowest BCUT2D eigenvalue weighted by atomic mass is 9.90. The van der Waals surface area contributed by atoms with Gasteiger partial charge in [-0.15, -0.1) is 0 Å². The van der Waals surface area contributed by atoms with E-state index >= 15 is 0 Å². The molecule has 1 saturated heterocycles. The number of hydrogen-bond acceptors (Lipinski definition) is 2. The summed E-state index contributed by atoms with van der Waals surface area (Å²) in [6.45, 7) is 1.43. The van der Waals surface area contributed by atoms with Crippen LogP contribution in [-0.4, -0.2) is 35.0 Å². The average molecular weight is 301 g/mol. The van der Waals surface area contributed by atoms with Gasteiger partial charge in [-0.3, -0.25) is 9.59 Å². The number of nitrogens with zero attached hydrogens (tertiary/aromatic N) is 1. The van der Waals surface area contributed by atoms with Gasteiger partial charge in [0, 0.05) is 13.1 Å². The number of rotatable bonds is 5. The summed E-state index contributed by atoms with van der Waals surface area (Å²) in [5.74, 6) is -0.450. The van der Waals surface area contributed by atoms with Gasteiger partial charge in [-0.2, -0.15) is 0 Å². The highest BCUT2D eigenvalue weighted by Gasteiger charge is 2.58. The molecular formula is C18H23NO3. The molecule has 2 aliphatic rings. The lowest BCUT2D eigenvalue weighted by molar-refractivity contribution is -0.154. The number of hydrogen-bond donors (Lipinski definition) is 1. The molecule has 0 bridgehead atoms. The van der Waals surface area contributed by atoms with Gasteiger partial charge in [0.2, 0.25) is 5.91 Å². The molecule has 1 saturated carbocycles. The second kappa shape index (κ2) is 6.11. The van der Waals surface area contributed by atoms with E-state index in [-0.39, 0.29) is 5.91 Å². The fraction of sp³-hybridized carbons (Fsp3) is 0.556. The largest absolute Gasteiger partial charge is 0.480 e. The van der Waals surface area contributed by atoms with Crippen LogP contribution in [0.1, 0.15) is 37.7 Å². The van der Waals surface area contributed by atoms with Crippen molar-refractivity contribution in [3.05, 3.63) is 35.9 Å². The van der Waals surface area contributed by atoms with Crippen LogP contribution in [0.3, 0.4) is 0 Å². The summed E-state index contributed by atoms with van der Waals surface area (Å²) in [4.78, 5) is 25.4. The third-order valence-corrected chi connectivity index (χ3v) is 5.15. The minimum absolute atomic E-state index is 0.151. The Kier molecular flexibility index (Phi) is 4.19. The Bertz CT molecular complexity index is 543. The van der Waals surface area contributed by atoms with Crippen molar-refractivity contribution >= 4 is 11.9 Å². The van der Waals surface area contributed by atoms with Gasteiger partial charge in [0.05, 0.1) is 0 Å². The molecule has 1 aromatic rings. The molecular weight excluding hydrogens is 278 g/mol. The number of carboxylic acid groups (broad SMARTS) is 1. The Morgan fingerprint density at radius 2 is 1.77 bits per heavy atom. The molecule has 0 spiro atoms. The van der Waals surface area contributed by atoms with E-state index in [4.69, 9.17) is 0 Å². The number of piperidine rings is 1. The standard InChI is InChI=1S/C18H23NO3/c20-16(18(10-11-18)17(21)22)19-12-8-15(9-13-19)7-6-14-4-2-1-3-5-14/h1-5,15H,6-13H2,(H,21,22). The van der Waals surface area contributed by atoms with Crippen molar-refractivity contribution in [2.24, 2.45) is 11.3 Å². The molecule has 22 heavy (non-hydrogen) atoms. The topological polar surface area (TPSA) is 57.6 Å². The lowest BCUT2D eigenvalue weighted by Gasteiger charge is -2.33. The molecule has 118 valence electrons. The van der Waals surface area contributed by atoms with E-state index in [1.165, 1.54) is 5.56 Å². The smallest absolute Gasteiger partial charge is 0.319 e. The maximum Gasteiger partial charge on any atom is 0.319 e. The van der Waals surface area contributed by atoms with Crippen LogP contribution in [0.4, 0.5) is 0 Å². The Morgan fingerprint density at radius 3 is 2.32 bits per heavy atom. The van der Waals surface area contributed by atoms with E-state index in [0.717, 1.165) is 25.7 Å². The second-order valence-electron chi connectivity index (χ2n) is 6.65. The van der Waals surface area contributed by atoms with Crippen LogP contribution in [0.2, 0.25) is 0 Å². The molecule has 1 N–H and O–H groups in total. The summed E-state index contributed by atoms with van der Waals surface area (Å²) in [6, 6.07) is 10.5. The zero-order valence-corrected chi connectivity index (χ0v) is 12.8. The summed E-state index contributed by atoms with van der Waals surface area (Å²) in [6.07, 6.45) is 5.24. The number of carboxylic acids is 1. The zero-order valence-electron chi connectivity index (χ0n) is 12.8. The molecule has 0 aromatic heterocycles. The Morgan fingerprint density at radius 1 is 1.14 bits per heavy atom. The summed E-state index contributed by atoms with van der Waals surface area (Å²) in [5.41, 5.74) is 0.292. The molecule has 0 radical (unpaired) electrons. The molecule has 0 unspecified atom stereocenters. The molecule has 3 rings (SSSR count). The molecule has 4 nitrogen and oxygen atoms in total. The molecule has 1 heterocycles. The van der Waals surface area contributed by atoms with Gasteiger partial charge in [0.1, 0.15) is 5.41 Å². The molecule has 4 heteroatoms. The first-order chi connectivity index (χ1) is 10.6. The number of aryl methyl sites for hydroxylation is 1. The highest BCUT2D eigenvalue weighted by Crippen LogP contribution is 2.48. The fourth-order valence-corrected chi connectivity index (χ4v) is 3.39. The monoisotopic (exact) mass is 301 g/mol. The number of likely N-dealkylation sites (tertiary alicyclic amines) is 1. The van der Waals surface area contributed by atoms with Gasteiger partial charge in [0.25, 0.3) is 0 Å². The zero-order chi connectivity index (χ0) is 15.6. The number of benzene rings is 1. The van der Waals surface area contributed by atoms with E-state index < -0.39 is 11.4 Å². The quantitative estimate of drug-likeness (QED) is 0.851. The lowest BCUT2D eigenvalue weighted by Crippen LogP contribution is -2.45. The van der Waals surface area contributed by atoms with E-state index in [0.29, 0.717) is 31.8 Å². The summed E-state index contributed by atoms with van der Waals surface area (Å²) in [7, 11) is 0. The molecule has 1 aliphatic heterocycles. The van der Waals surface area contributed by atoms with Gasteiger partial charge >= 0.3 is 5.97 Å². The first-order valence-corrected chi connectivity index (χ1v) is 8.18. The van der Waals surface area contributed by atoms with Gasteiger partial charge in [0.15, 0.2) is 0 Å². The summed E-state index contributed by atoms with van der Waals surface area (Å²) in [5, 5.41) is 9.22. The van der Waals surface area contributed by atoms with Gasteiger partial charge in [-0.1, -0.05) is 30.3 Å². The number of carbonyl (C=O) groups is 2. The maximum atomic E-state index is 12.4. The van der Waals surface area contributed by atoms with Crippen LogP contribution < -0.4 is 0 Å². The normalized spacial score (nSPS) is 20.6. The van der Waals surface area contributed by atoms with Crippen molar-refractivity contribution in [3.63, 3.8) is 0 Å². The summed E-state index contributed by atoms with van der Waals surface area (Å²) >= 11 is 0. The van der Waals surface area contributed by atoms with Gasteiger partial charge < -0.3 is 10.0 Å². The first-order valence-electron chi connectivity index (χ1n) is 8.18. The summed E-state index contributed by atoms with van der Waals surface area (Å²) < 4.78 is 0. The molecule has 1 amide bonds. The van der Waals surface area contributed by atoms with E-state index in [2.05, 4.69) is 24.3 Å². The van der Waals surface area contributed by atoms with Crippen LogP contribution in [-0.2, 0) is 16.0 Å². The number of carbonyl (C=O) groups excluding carboxylic acids is 1. The number of amides is 1. The Labute approximate surface area is 131 Å². The van der Waals surface area contributed by atoms with Crippen molar-refractivity contribution < 1.29 is 14.7 Å². The van der Waals surface area contributed by atoms with Crippen molar-refractivity contribution in [3.8, 4) is 0 Å². The van der Waals surface area contributed by atoms with Crippen molar-refractivity contribution in [1.82, 2.24) is 4.90 Å². The van der Waals surface area contributed by atoms with E-state index in [1.54, 1.807) is 4.90 Å². The highest BCUT2D eigenvalue weighted by atomic mass is 16.4.